The molecule has 0 aliphatic heterocycles. The van der Waals surface area contributed by atoms with Gasteiger partial charge in [0.25, 0.3) is 0 Å². The van der Waals surface area contributed by atoms with E-state index >= 15 is 0 Å². The minimum atomic E-state index is 0.306. The number of phenols is 1. The average molecular weight is 252 g/mol. The van der Waals surface area contributed by atoms with E-state index in [9.17, 15) is 5.11 Å². The van der Waals surface area contributed by atoms with Gasteiger partial charge >= 0.3 is 0 Å². The van der Waals surface area contributed by atoms with Crippen LogP contribution < -0.4 is 5.73 Å². The zero-order chi connectivity index (χ0) is 12.8. The first kappa shape index (κ1) is 13.9. The van der Waals surface area contributed by atoms with Crippen LogP contribution in [0.3, 0.4) is 0 Å². The number of hydrogen-bond donors (Lipinski definition) is 2. The molecule has 0 radical (unpaired) electrons. The molecule has 0 saturated heterocycles. The van der Waals surface area contributed by atoms with Gasteiger partial charge in [-0.25, -0.2) is 0 Å². The Morgan fingerprint density at radius 3 is 2.71 bits per heavy atom. The van der Waals surface area contributed by atoms with E-state index in [0.29, 0.717) is 16.8 Å². The highest BCUT2D eigenvalue weighted by molar-refractivity contribution is 7.80. The summed E-state index contributed by atoms with van der Waals surface area (Å²) in [6, 6.07) is 7.76. The monoisotopic (exact) mass is 252 g/mol. The molecule has 17 heavy (non-hydrogen) atoms. The molecule has 0 heterocycles. The summed E-state index contributed by atoms with van der Waals surface area (Å²) in [6.45, 7) is 5.93. The topological polar surface area (TPSA) is 49.5 Å². The minimum Gasteiger partial charge on any atom is -0.508 e. The van der Waals surface area contributed by atoms with E-state index in [4.69, 9.17) is 18.0 Å². The van der Waals surface area contributed by atoms with Gasteiger partial charge in [0, 0.05) is 25.6 Å². The number of aromatic hydroxyl groups is 1. The lowest BCUT2D eigenvalue weighted by molar-refractivity contribution is 0.219. The number of hydrogen-bond acceptors (Lipinski definition) is 3. The van der Waals surface area contributed by atoms with Crippen molar-refractivity contribution >= 4 is 17.2 Å². The zero-order valence-electron chi connectivity index (χ0n) is 10.4. The van der Waals surface area contributed by atoms with Crippen molar-refractivity contribution in [2.24, 2.45) is 5.73 Å². The molecular formula is C13H20N2OS. The van der Waals surface area contributed by atoms with Gasteiger partial charge in [-0.2, -0.15) is 0 Å². The van der Waals surface area contributed by atoms with Gasteiger partial charge in [-0.05, 0) is 31.5 Å². The van der Waals surface area contributed by atoms with Crippen molar-refractivity contribution in [3.8, 4) is 5.75 Å². The van der Waals surface area contributed by atoms with Crippen LogP contribution in [0.15, 0.2) is 24.3 Å². The molecule has 0 amide bonds. The van der Waals surface area contributed by atoms with Crippen molar-refractivity contribution in [3.05, 3.63) is 29.8 Å². The maximum atomic E-state index is 9.42. The highest BCUT2D eigenvalue weighted by atomic mass is 32.1. The second-order valence-electron chi connectivity index (χ2n) is 4.45. The SMILES string of the molecule is CC(C)N(CCC(N)=S)Cc1cccc(O)c1. The molecule has 4 heteroatoms. The molecule has 0 bridgehead atoms. The van der Waals surface area contributed by atoms with Crippen LogP contribution in [0.2, 0.25) is 0 Å². The van der Waals surface area contributed by atoms with Gasteiger partial charge in [0.15, 0.2) is 0 Å². The third-order valence-corrected chi connectivity index (χ3v) is 2.88. The Morgan fingerprint density at radius 1 is 1.47 bits per heavy atom. The van der Waals surface area contributed by atoms with Crippen LogP contribution in [0.5, 0.6) is 5.75 Å². The third kappa shape index (κ3) is 5.15. The molecule has 0 saturated carbocycles. The molecule has 0 spiro atoms. The van der Waals surface area contributed by atoms with E-state index in [-0.39, 0.29) is 0 Å². The molecule has 1 aromatic rings. The van der Waals surface area contributed by atoms with Gasteiger partial charge < -0.3 is 10.8 Å². The van der Waals surface area contributed by atoms with Crippen LogP contribution >= 0.6 is 12.2 Å². The Hall–Kier alpha value is -1.13. The second-order valence-corrected chi connectivity index (χ2v) is 4.97. The first-order valence-corrected chi connectivity index (χ1v) is 6.20. The molecule has 0 aliphatic carbocycles. The lowest BCUT2D eigenvalue weighted by Crippen LogP contribution is -2.33. The molecule has 0 unspecified atom stereocenters. The largest absolute Gasteiger partial charge is 0.508 e. The van der Waals surface area contributed by atoms with Crippen LogP contribution in [0.4, 0.5) is 0 Å². The fourth-order valence-corrected chi connectivity index (χ4v) is 1.75. The summed E-state index contributed by atoms with van der Waals surface area (Å²) in [7, 11) is 0. The zero-order valence-corrected chi connectivity index (χ0v) is 11.2. The number of benzene rings is 1. The van der Waals surface area contributed by atoms with Crippen molar-refractivity contribution in [1.82, 2.24) is 4.90 Å². The predicted octanol–water partition coefficient (Wildman–Crippen LogP) is 2.28. The number of phenolic OH excluding ortho intramolecular Hbond substituents is 1. The van der Waals surface area contributed by atoms with Crippen LogP contribution in [0.25, 0.3) is 0 Å². The van der Waals surface area contributed by atoms with Crippen LogP contribution in [-0.2, 0) is 6.54 Å². The van der Waals surface area contributed by atoms with Gasteiger partial charge in [0.1, 0.15) is 5.75 Å². The number of nitrogens with zero attached hydrogens (tertiary/aromatic N) is 1. The lowest BCUT2D eigenvalue weighted by atomic mass is 10.1. The fraction of sp³-hybridized carbons (Fsp3) is 0.462. The first-order chi connectivity index (χ1) is 7.99. The summed E-state index contributed by atoms with van der Waals surface area (Å²) in [5.41, 5.74) is 6.62. The third-order valence-electron chi connectivity index (χ3n) is 2.67. The fourth-order valence-electron chi connectivity index (χ4n) is 1.66. The normalized spacial score (nSPS) is 11.1. The van der Waals surface area contributed by atoms with E-state index < -0.39 is 0 Å². The Morgan fingerprint density at radius 2 is 2.18 bits per heavy atom. The highest BCUT2D eigenvalue weighted by Crippen LogP contribution is 2.14. The average Bonchev–Trinajstić information content (AvgIpc) is 2.23. The number of nitrogens with two attached hydrogens (primary N) is 1. The molecular weight excluding hydrogens is 232 g/mol. The summed E-state index contributed by atoms with van der Waals surface area (Å²) < 4.78 is 0. The number of rotatable bonds is 6. The summed E-state index contributed by atoms with van der Waals surface area (Å²) in [5, 5.41) is 9.42. The Labute approximate surface area is 108 Å². The van der Waals surface area contributed by atoms with E-state index in [1.165, 1.54) is 0 Å². The van der Waals surface area contributed by atoms with Crippen LogP contribution in [0.1, 0.15) is 25.8 Å². The van der Waals surface area contributed by atoms with Gasteiger partial charge in [-0.3, -0.25) is 4.90 Å². The molecule has 3 N–H and O–H groups in total. The standard InChI is InChI=1S/C13H20N2OS/c1-10(2)15(7-6-13(14)17)9-11-4-3-5-12(16)8-11/h3-5,8,10,16H,6-7,9H2,1-2H3,(H2,14,17). The van der Waals surface area contributed by atoms with Crippen molar-refractivity contribution in [3.63, 3.8) is 0 Å². The summed E-state index contributed by atoms with van der Waals surface area (Å²) >= 11 is 4.90. The second kappa shape index (κ2) is 6.57. The molecule has 0 atom stereocenters. The molecule has 3 nitrogen and oxygen atoms in total. The van der Waals surface area contributed by atoms with Crippen LogP contribution in [-0.4, -0.2) is 27.6 Å². The van der Waals surface area contributed by atoms with Crippen molar-refractivity contribution in [2.75, 3.05) is 6.54 Å². The van der Waals surface area contributed by atoms with E-state index in [1.54, 1.807) is 12.1 Å². The van der Waals surface area contributed by atoms with Gasteiger partial charge in [-0.1, -0.05) is 24.4 Å². The van der Waals surface area contributed by atoms with E-state index in [1.807, 2.05) is 12.1 Å². The lowest BCUT2D eigenvalue weighted by Gasteiger charge is -2.26. The van der Waals surface area contributed by atoms with Gasteiger partial charge in [0.05, 0.1) is 4.99 Å². The Bertz CT molecular complexity index is 379. The maximum Gasteiger partial charge on any atom is 0.115 e. The quantitative estimate of drug-likeness (QED) is 0.763. The molecule has 1 aromatic carbocycles. The number of thiocarbonyl (C=S) groups is 1. The van der Waals surface area contributed by atoms with Crippen molar-refractivity contribution in [1.29, 1.82) is 0 Å². The summed E-state index contributed by atoms with van der Waals surface area (Å²) in [5.74, 6) is 0.306. The molecule has 0 aromatic heterocycles. The molecule has 0 aliphatic rings. The smallest absolute Gasteiger partial charge is 0.115 e. The highest BCUT2D eigenvalue weighted by Gasteiger charge is 2.10. The summed E-state index contributed by atoms with van der Waals surface area (Å²) in [6.07, 6.45) is 0.729. The first-order valence-electron chi connectivity index (χ1n) is 5.79. The van der Waals surface area contributed by atoms with Crippen molar-refractivity contribution in [2.45, 2.75) is 32.9 Å². The van der Waals surface area contributed by atoms with Crippen LogP contribution in [0, 0.1) is 0 Å². The maximum absolute atomic E-state index is 9.42. The van der Waals surface area contributed by atoms with Gasteiger partial charge in [-0.15, -0.1) is 0 Å². The summed E-state index contributed by atoms with van der Waals surface area (Å²) in [4.78, 5) is 2.83. The van der Waals surface area contributed by atoms with Gasteiger partial charge in [0.2, 0.25) is 0 Å². The Balaban J connectivity index is 2.63. The molecule has 1 rings (SSSR count). The van der Waals surface area contributed by atoms with E-state index in [2.05, 4.69) is 18.7 Å². The molecule has 94 valence electrons. The predicted molar refractivity (Wildman–Crippen MR) is 75.1 cm³/mol. The van der Waals surface area contributed by atoms with E-state index in [0.717, 1.165) is 25.1 Å². The van der Waals surface area contributed by atoms with Crippen molar-refractivity contribution < 1.29 is 5.11 Å². The minimum absolute atomic E-state index is 0.306. The molecule has 0 fully saturated rings. The Kier molecular flexibility index (Phi) is 5.38.